The molecule has 0 aromatic heterocycles. The summed E-state index contributed by atoms with van der Waals surface area (Å²) in [6.07, 6.45) is 2.19. The van der Waals surface area contributed by atoms with Gasteiger partial charge in [0.2, 0.25) is 0 Å². The van der Waals surface area contributed by atoms with E-state index in [9.17, 15) is 5.11 Å². The van der Waals surface area contributed by atoms with Gasteiger partial charge in [-0.15, -0.1) is 0 Å². The van der Waals surface area contributed by atoms with Gasteiger partial charge in [0.1, 0.15) is 5.75 Å². The van der Waals surface area contributed by atoms with Crippen LogP contribution in [0.5, 0.6) is 5.75 Å². The van der Waals surface area contributed by atoms with Gasteiger partial charge >= 0.3 is 0 Å². The van der Waals surface area contributed by atoms with E-state index in [0.717, 1.165) is 30.5 Å². The summed E-state index contributed by atoms with van der Waals surface area (Å²) >= 11 is 0. The Hall–Kier alpha value is -1.02. The van der Waals surface area contributed by atoms with Gasteiger partial charge < -0.3 is 10.0 Å². The van der Waals surface area contributed by atoms with Crippen molar-refractivity contribution in [2.24, 2.45) is 0 Å². The molecule has 0 saturated carbocycles. The van der Waals surface area contributed by atoms with E-state index in [4.69, 9.17) is 0 Å². The Morgan fingerprint density at radius 2 is 1.63 bits per heavy atom. The summed E-state index contributed by atoms with van der Waals surface area (Å²) < 4.78 is 0. The average molecular weight is 263 g/mol. The number of rotatable bonds is 6. The van der Waals surface area contributed by atoms with Crippen molar-refractivity contribution in [1.29, 1.82) is 0 Å². The average Bonchev–Trinajstić information content (AvgIpc) is 2.38. The van der Waals surface area contributed by atoms with Gasteiger partial charge in [-0.05, 0) is 49.9 Å². The second kappa shape index (κ2) is 6.95. The molecule has 0 aliphatic rings. The molecule has 1 N–H and O–H groups in total. The lowest BCUT2D eigenvalue weighted by atomic mass is 9.88. The molecule has 2 atom stereocenters. The summed E-state index contributed by atoms with van der Waals surface area (Å²) in [5.41, 5.74) is 3.52. The van der Waals surface area contributed by atoms with Crippen LogP contribution < -0.4 is 0 Å². The molecule has 19 heavy (non-hydrogen) atoms. The summed E-state index contributed by atoms with van der Waals surface area (Å²) in [6, 6.07) is 4.38. The van der Waals surface area contributed by atoms with Crippen LogP contribution in [0.15, 0.2) is 12.1 Å². The topological polar surface area (TPSA) is 23.5 Å². The Balaban J connectivity index is 3.29. The largest absolute Gasteiger partial charge is 0.507 e. The standard InChI is InChI=1S/C17H29NO/c1-7-12(3)14-9-15(11-18(5)6)17(19)16(10-14)13(4)8-2/h9-10,12-13,19H,7-8,11H2,1-6H3. The molecular weight excluding hydrogens is 234 g/mol. The summed E-state index contributed by atoms with van der Waals surface area (Å²) in [5.74, 6) is 1.45. The molecule has 0 saturated heterocycles. The van der Waals surface area contributed by atoms with E-state index in [1.165, 1.54) is 5.56 Å². The van der Waals surface area contributed by atoms with E-state index in [0.29, 0.717) is 17.6 Å². The first-order chi connectivity index (χ1) is 8.90. The van der Waals surface area contributed by atoms with Crippen LogP contribution in [0.25, 0.3) is 0 Å². The fraction of sp³-hybridized carbons (Fsp3) is 0.647. The Morgan fingerprint density at radius 3 is 2.11 bits per heavy atom. The molecule has 1 aromatic rings. The van der Waals surface area contributed by atoms with Crippen LogP contribution in [-0.2, 0) is 6.54 Å². The maximum atomic E-state index is 10.5. The summed E-state index contributed by atoms with van der Waals surface area (Å²) in [4.78, 5) is 2.11. The molecule has 1 rings (SSSR count). The van der Waals surface area contributed by atoms with Crippen LogP contribution in [0.4, 0.5) is 0 Å². The van der Waals surface area contributed by atoms with E-state index in [1.807, 2.05) is 14.1 Å². The number of phenolic OH excluding ortho intramolecular Hbond substituents is 1. The quantitative estimate of drug-likeness (QED) is 0.818. The van der Waals surface area contributed by atoms with Gasteiger partial charge in [-0.25, -0.2) is 0 Å². The first kappa shape index (κ1) is 16.0. The first-order valence-electron chi connectivity index (χ1n) is 7.41. The molecule has 0 spiro atoms. The van der Waals surface area contributed by atoms with Crippen molar-refractivity contribution in [2.45, 2.75) is 58.9 Å². The Labute approximate surface area is 118 Å². The lowest BCUT2D eigenvalue weighted by Crippen LogP contribution is -2.12. The van der Waals surface area contributed by atoms with Gasteiger partial charge in [-0.1, -0.05) is 39.8 Å². The highest BCUT2D eigenvalue weighted by atomic mass is 16.3. The molecule has 0 fully saturated rings. The number of hydrogen-bond donors (Lipinski definition) is 1. The third kappa shape index (κ3) is 3.97. The second-order valence-electron chi connectivity index (χ2n) is 5.97. The summed E-state index contributed by atoms with van der Waals surface area (Å²) in [7, 11) is 4.08. The smallest absolute Gasteiger partial charge is 0.123 e. The van der Waals surface area contributed by atoms with E-state index in [2.05, 4.69) is 44.7 Å². The minimum atomic E-state index is 0.407. The van der Waals surface area contributed by atoms with E-state index < -0.39 is 0 Å². The SMILES string of the molecule is CCC(C)c1cc(CN(C)C)c(O)c(C(C)CC)c1. The van der Waals surface area contributed by atoms with Gasteiger partial charge in [-0.2, -0.15) is 0 Å². The molecule has 0 bridgehead atoms. The zero-order valence-corrected chi connectivity index (χ0v) is 13.3. The van der Waals surface area contributed by atoms with Crippen LogP contribution in [0.3, 0.4) is 0 Å². The first-order valence-corrected chi connectivity index (χ1v) is 7.41. The number of aromatic hydroxyl groups is 1. The molecule has 0 heterocycles. The van der Waals surface area contributed by atoms with Crippen molar-refractivity contribution in [3.05, 3.63) is 28.8 Å². The molecule has 0 radical (unpaired) electrons. The van der Waals surface area contributed by atoms with Crippen LogP contribution in [-0.4, -0.2) is 24.1 Å². The number of benzene rings is 1. The van der Waals surface area contributed by atoms with Gasteiger partial charge in [0, 0.05) is 12.1 Å². The predicted molar refractivity (Wildman–Crippen MR) is 82.9 cm³/mol. The lowest BCUT2D eigenvalue weighted by Gasteiger charge is -2.21. The summed E-state index contributed by atoms with van der Waals surface area (Å²) in [5, 5.41) is 10.5. The van der Waals surface area contributed by atoms with Crippen molar-refractivity contribution in [3.63, 3.8) is 0 Å². The van der Waals surface area contributed by atoms with Crippen molar-refractivity contribution in [1.82, 2.24) is 4.90 Å². The van der Waals surface area contributed by atoms with Crippen LogP contribution in [0, 0.1) is 0 Å². The van der Waals surface area contributed by atoms with Gasteiger partial charge in [-0.3, -0.25) is 0 Å². The highest BCUT2D eigenvalue weighted by Crippen LogP contribution is 2.35. The van der Waals surface area contributed by atoms with Crippen LogP contribution in [0.2, 0.25) is 0 Å². The third-order valence-electron chi connectivity index (χ3n) is 4.05. The second-order valence-corrected chi connectivity index (χ2v) is 5.97. The van der Waals surface area contributed by atoms with Crippen molar-refractivity contribution < 1.29 is 5.11 Å². The van der Waals surface area contributed by atoms with Crippen molar-refractivity contribution >= 4 is 0 Å². The molecule has 108 valence electrons. The molecule has 0 aliphatic carbocycles. The van der Waals surface area contributed by atoms with E-state index >= 15 is 0 Å². The molecule has 2 unspecified atom stereocenters. The monoisotopic (exact) mass is 263 g/mol. The minimum absolute atomic E-state index is 0.407. The number of hydrogen-bond acceptors (Lipinski definition) is 2. The minimum Gasteiger partial charge on any atom is -0.507 e. The van der Waals surface area contributed by atoms with Gasteiger partial charge in [0.05, 0.1) is 0 Å². The third-order valence-corrected chi connectivity index (χ3v) is 4.05. The molecule has 2 nitrogen and oxygen atoms in total. The Bertz CT molecular complexity index is 412. The highest BCUT2D eigenvalue weighted by molar-refractivity contribution is 5.46. The number of phenols is 1. The molecule has 1 aromatic carbocycles. The normalized spacial score (nSPS) is 14.7. The van der Waals surface area contributed by atoms with Crippen molar-refractivity contribution in [2.75, 3.05) is 14.1 Å². The maximum absolute atomic E-state index is 10.5. The Kier molecular flexibility index (Phi) is 5.86. The lowest BCUT2D eigenvalue weighted by molar-refractivity contribution is 0.382. The van der Waals surface area contributed by atoms with E-state index in [-0.39, 0.29) is 0 Å². The van der Waals surface area contributed by atoms with Crippen LogP contribution in [0.1, 0.15) is 69.1 Å². The highest BCUT2D eigenvalue weighted by Gasteiger charge is 2.16. The van der Waals surface area contributed by atoms with E-state index in [1.54, 1.807) is 0 Å². The fourth-order valence-electron chi connectivity index (χ4n) is 2.32. The zero-order valence-electron chi connectivity index (χ0n) is 13.3. The molecule has 0 aliphatic heterocycles. The maximum Gasteiger partial charge on any atom is 0.123 e. The van der Waals surface area contributed by atoms with Crippen molar-refractivity contribution in [3.8, 4) is 5.75 Å². The zero-order chi connectivity index (χ0) is 14.6. The Morgan fingerprint density at radius 1 is 1.05 bits per heavy atom. The van der Waals surface area contributed by atoms with Gasteiger partial charge in [0.15, 0.2) is 0 Å². The number of nitrogens with zero attached hydrogens (tertiary/aromatic N) is 1. The predicted octanol–water partition coefficient (Wildman–Crippen LogP) is 4.48. The van der Waals surface area contributed by atoms with Gasteiger partial charge in [0.25, 0.3) is 0 Å². The molecular formula is C17H29NO. The van der Waals surface area contributed by atoms with Crippen LogP contribution >= 0.6 is 0 Å². The summed E-state index contributed by atoms with van der Waals surface area (Å²) in [6.45, 7) is 9.62. The fourth-order valence-corrected chi connectivity index (χ4v) is 2.32. The molecule has 2 heteroatoms. The molecule has 0 amide bonds.